The number of para-hydroxylation sites is 1. The first-order valence-electron chi connectivity index (χ1n) is 9.71. The third kappa shape index (κ3) is 4.73. The molecule has 0 aliphatic carbocycles. The van der Waals surface area contributed by atoms with E-state index in [2.05, 4.69) is 15.3 Å². The summed E-state index contributed by atoms with van der Waals surface area (Å²) < 4.78 is 5.35. The number of ether oxygens (including phenoxy) is 1. The molecule has 2 aromatic rings. The highest BCUT2D eigenvalue weighted by Crippen LogP contribution is 2.25. The van der Waals surface area contributed by atoms with Crippen LogP contribution >= 0.6 is 11.6 Å². The Balaban J connectivity index is 1.58. The SMILES string of the molecule is CCc1c(Cl)nc(C)nc1NC1CCN(C(=O)Cc2ccccc2OC)CC1. The Morgan fingerprint density at radius 1 is 1.29 bits per heavy atom. The van der Waals surface area contributed by atoms with Crippen molar-refractivity contribution in [3.8, 4) is 5.75 Å². The zero-order valence-electron chi connectivity index (χ0n) is 16.7. The second kappa shape index (κ2) is 9.24. The zero-order valence-corrected chi connectivity index (χ0v) is 17.4. The van der Waals surface area contributed by atoms with Crippen molar-refractivity contribution in [2.45, 2.75) is 45.6 Å². The Kier molecular flexibility index (Phi) is 6.73. The van der Waals surface area contributed by atoms with Crippen molar-refractivity contribution >= 4 is 23.3 Å². The first-order valence-corrected chi connectivity index (χ1v) is 10.1. The molecule has 6 nitrogen and oxygen atoms in total. The number of halogens is 1. The molecule has 28 heavy (non-hydrogen) atoms. The minimum absolute atomic E-state index is 0.137. The fourth-order valence-electron chi connectivity index (χ4n) is 3.58. The molecule has 1 aliphatic rings. The lowest BCUT2D eigenvalue weighted by molar-refractivity contribution is -0.131. The third-order valence-electron chi connectivity index (χ3n) is 5.14. The Morgan fingerprint density at radius 2 is 2.00 bits per heavy atom. The number of carbonyl (C=O) groups excluding carboxylic acids is 1. The average Bonchev–Trinajstić information content (AvgIpc) is 2.68. The molecule has 150 valence electrons. The first kappa shape index (κ1) is 20.4. The highest BCUT2D eigenvalue weighted by atomic mass is 35.5. The average molecular weight is 403 g/mol. The number of carbonyl (C=O) groups is 1. The smallest absolute Gasteiger partial charge is 0.227 e. The van der Waals surface area contributed by atoms with Crippen LogP contribution in [0, 0.1) is 6.92 Å². The van der Waals surface area contributed by atoms with Crippen molar-refractivity contribution in [2.24, 2.45) is 0 Å². The summed E-state index contributed by atoms with van der Waals surface area (Å²) in [6.45, 7) is 5.34. The Morgan fingerprint density at radius 3 is 2.68 bits per heavy atom. The molecule has 7 heteroatoms. The van der Waals surface area contributed by atoms with E-state index in [-0.39, 0.29) is 11.9 Å². The predicted molar refractivity (Wildman–Crippen MR) is 111 cm³/mol. The number of amides is 1. The summed E-state index contributed by atoms with van der Waals surface area (Å²) >= 11 is 6.26. The molecule has 1 saturated heterocycles. The van der Waals surface area contributed by atoms with E-state index in [1.807, 2.05) is 43.0 Å². The second-order valence-corrected chi connectivity index (χ2v) is 7.39. The quantitative estimate of drug-likeness (QED) is 0.747. The maximum absolute atomic E-state index is 12.7. The van der Waals surface area contributed by atoms with Crippen LogP contribution in [0.5, 0.6) is 5.75 Å². The zero-order chi connectivity index (χ0) is 20.1. The number of rotatable bonds is 6. The molecular weight excluding hydrogens is 376 g/mol. The number of piperidine rings is 1. The van der Waals surface area contributed by atoms with Gasteiger partial charge in [0.2, 0.25) is 5.91 Å². The predicted octanol–water partition coefficient (Wildman–Crippen LogP) is 3.66. The molecule has 1 amide bonds. The van der Waals surface area contributed by atoms with E-state index in [0.717, 1.165) is 55.0 Å². The lowest BCUT2D eigenvalue weighted by Crippen LogP contribution is -2.43. The van der Waals surface area contributed by atoms with Gasteiger partial charge in [-0.05, 0) is 32.3 Å². The van der Waals surface area contributed by atoms with Gasteiger partial charge in [0.25, 0.3) is 0 Å². The number of aryl methyl sites for hydroxylation is 1. The standard InChI is InChI=1S/C21H27ClN4O2/c1-4-17-20(22)23-14(2)24-21(17)25-16-9-11-26(12-10-16)19(27)13-15-7-5-6-8-18(15)28-3/h5-8,16H,4,9-13H2,1-3H3,(H,23,24,25). The van der Waals surface area contributed by atoms with E-state index >= 15 is 0 Å². The maximum Gasteiger partial charge on any atom is 0.227 e. The van der Waals surface area contributed by atoms with Gasteiger partial charge in [-0.1, -0.05) is 36.7 Å². The van der Waals surface area contributed by atoms with Crippen LogP contribution in [0.1, 0.15) is 36.7 Å². The van der Waals surface area contributed by atoms with Crippen molar-refractivity contribution in [2.75, 3.05) is 25.5 Å². The summed E-state index contributed by atoms with van der Waals surface area (Å²) in [5, 5.41) is 4.03. The molecule has 0 spiro atoms. The van der Waals surface area contributed by atoms with Gasteiger partial charge in [-0.2, -0.15) is 0 Å². The Hall–Kier alpha value is -2.34. The van der Waals surface area contributed by atoms with E-state index in [0.29, 0.717) is 17.4 Å². The number of nitrogens with one attached hydrogen (secondary N) is 1. The molecule has 0 atom stereocenters. The van der Waals surface area contributed by atoms with Crippen LogP contribution in [0.4, 0.5) is 5.82 Å². The number of likely N-dealkylation sites (tertiary alicyclic amines) is 1. The van der Waals surface area contributed by atoms with Crippen LogP contribution in [0.3, 0.4) is 0 Å². The van der Waals surface area contributed by atoms with Gasteiger partial charge in [-0.15, -0.1) is 0 Å². The van der Waals surface area contributed by atoms with Crippen molar-refractivity contribution in [3.63, 3.8) is 0 Å². The molecule has 1 fully saturated rings. The largest absolute Gasteiger partial charge is 0.496 e. The van der Waals surface area contributed by atoms with Gasteiger partial charge in [0.05, 0.1) is 13.5 Å². The summed E-state index contributed by atoms with van der Waals surface area (Å²) in [4.78, 5) is 23.4. The molecule has 1 aromatic heterocycles. The lowest BCUT2D eigenvalue weighted by Gasteiger charge is -2.33. The highest BCUT2D eigenvalue weighted by molar-refractivity contribution is 6.30. The summed E-state index contributed by atoms with van der Waals surface area (Å²) in [5.74, 6) is 2.38. The van der Waals surface area contributed by atoms with Gasteiger partial charge >= 0.3 is 0 Å². The molecular formula is C21H27ClN4O2. The third-order valence-corrected chi connectivity index (χ3v) is 5.46. The minimum atomic E-state index is 0.137. The molecule has 0 bridgehead atoms. The van der Waals surface area contributed by atoms with Gasteiger partial charge in [0, 0.05) is 30.3 Å². The van der Waals surface area contributed by atoms with E-state index in [1.165, 1.54) is 0 Å². The monoisotopic (exact) mass is 402 g/mol. The molecule has 1 N–H and O–H groups in total. The van der Waals surface area contributed by atoms with Crippen LogP contribution in [-0.2, 0) is 17.6 Å². The van der Waals surface area contributed by atoms with E-state index in [1.54, 1.807) is 7.11 Å². The fraction of sp³-hybridized carbons (Fsp3) is 0.476. The van der Waals surface area contributed by atoms with Crippen molar-refractivity contribution in [1.29, 1.82) is 0 Å². The van der Waals surface area contributed by atoms with Gasteiger partial charge in [0.1, 0.15) is 22.5 Å². The molecule has 0 saturated carbocycles. The number of anilines is 1. The molecule has 0 radical (unpaired) electrons. The van der Waals surface area contributed by atoms with Gasteiger partial charge in [0.15, 0.2) is 0 Å². The maximum atomic E-state index is 12.7. The van der Waals surface area contributed by atoms with Gasteiger partial charge < -0.3 is 15.0 Å². The van der Waals surface area contributed by atoms with E-state index < -0.39 is 0 Å². The minimum Gasteiger partial charge on any atom is -0.496 e. The van der Waals surface area contributed by atoms with E-state index in [4.69, 9.17) is 16.3 Å². The van der Waals surface area contributed by atoms with Gasteiger partial charge in [-0.25, -0.2) is 9.97 Å². The number of methoxy groups -OCH3 is 1. The highest BCUT2D eigenvalue weighted by Gasteiger charge is 2.24. The van der Waals surface area contributed by atoms with Crippen LogP contribution in [0.25, 0.3) is 0 Å². The van der Waals surface area contributed by atoms with Gasteiger partial charge in [-0.3, -0.25) is 4.79 Å². The second-order valence-electron chi connectivity index (χ2n) is 7.03. The number of hydrogen-bond donors (Lipinski definition) is 1. The van der Waals surface area contributed by atoms with E-state index in [9.17, 15) is 4.79 Å². The molecule has 3 rings (SSSR count). The molecule has 2 heterocycles. The normalized spacial score (nSPS) is 14.8. The Bertz CT molecular complexity index is 835. The number of benzene rings is 1. The Labute approximate surface area is 171 Å². The summed E-state index contributed by atoms with van der Waals surface area (Å²) in [6.07, 6.45) is 2.89. The van der Waals surface area contributed by atoms with Crippen molar-refractivity contribution in [3.05, 3.63) is 46.4 Å². The van der Waals surface area contributed by atoms with Crippen LogP contribution < -0.4 is 10.1 Å². The van der Waals surface area contributed by atoms with Crippen LogP contribution in [0.2, 0.25) is 5.15 Å². The van der Waals surface area contributed by atoms with Crippen molar-refractivity contribution in [1.82, 2.24) is 14.9 Å². The number of hydrogen-bond acceptors (Lipinski definition) is 5. The number of nitrogens with zero attached hydrogens (tertiary/aromatic N) is 3. The van der Waals surface area contributed by atoms with Crippen LogP contribution in [-0.4, -0.2) is 47.0 Å². The van der Waals surface area contributed by atoms with Crippen molar-refractivity contribution < 1.29 is 9.53 Å². The first-order chi connectivity index (χ1) is 13.5. The fourth-order valence-corrected chi connectivity index (χ4v) is 3.93. The topological polar surface area (TPSA) is 67.4 Å². The molecule has 0 unspecified atom stereocenters. The number of aromatic nitrogens is 2. The van der Waals surface area contributed by atoms with Crippen LogP contribution in [0.15, 0.2) is 24.3 Å². The summed E-state index contributed by atoms with van der Waals surface area (Å²) in [5.41, 5.74) is 1.87. The summed E-state index contributed by atoms with van der Waals surface area (Å²) in [7, 11) is 1.63. The lowest BCUT2D eigenvalue weighted by atomic mass is 10.0. The molecule has 1 aromatic carbocycles. The summed E-state index contributed by atoms with van der Waals surface area (Å²) in [6, 6.07) is 7.94. The molecule has 1 aliphatic heterocycles.